The maximum Gasteiger partial charge on any atom is 0.277 e. The molecule has 0 saturated heterocycles. The molecule has 0 bridgehead atoms. The third kappa shape index (κ3) is 5.72. The molecule has 3 rings (SSSR count). The summed E-state index contributed by atoms with van der Waals surface area (Å²) in [7, 11) is 0. The Morgan fingerprint density at radius 3 is 2.79 bits per heavy atom. The lowest BCUT2D eigenvalue weighted by molar-refractivity contribution is -0.123. The van der Waals surface area contributed by atoms with E-state index in [9.17, 15) is 4.79 Å². The van der Waals surface area contributed by atoms with Gasteiger partial charge in [-0.2, -0.15) is 5.10 Å². The Bertz CT molecular complexity index is 1020. The van der Waals surface area contributed by atoms with Crippen LogP contribution in [-0.4, -0.2) is 18.7 Å². The van der Waals surface area contributed by atoms with E-state index in [1.165, 1.54) is 6.21 Å². The van der Waals surface area contributed by atoms with Crippen molar-refractivity contribution in [2.24, 2.45) is 5.10 Å². The highest BCUT2D eigenvalue weighted by Gasteiger charge is 2.10. The van der Waals surface area contributed by atoms with Crippen LogP contribution in [0, 0.1) is 6.92 Å². The Balaban J connectivity index is 1.55. The first kappa shape index (κ1) is 20.7. The second-order valence-corrected chi connectivity index (χ2v) is 7.43. The summed E-state index contributed by atoms with van der Waals surface area (Å²) in [6.45, 7) is 6.04. The lowest BCUT2D eigenvalue weighted by Crippen LogP contribution is -2.24. The van der Waals surface area contributed by atoms with Crippen molar-refractivity contribution in [3.63, 3.8) is 0 Å². The molecule has 0 unspecified atom stereocenters. The fraction of sp³-hybridized carbons (Fsp3) is 0.217. The van der Waals surface area contributed by atoms with Crippen molar-refractivity contribution in [2.75, 3.05) is 6.61 Å². The topological polar surface area (TPSA) is 63.8 Å². The molecule has 150 valence electrons. The molecule has 0 fully saturated rings. The van der Waals surface area contributed by atoms with Crippen LogP contribution in [-0.2, 0) is 4.79 Å². The molecule has 0 radical (unpaired) electrons. The van der Waals surface area contributed by atoms with Gasteiger partial charge in [-0.3, -0.25) is 4.79 Å². The van der Waals surface area contributed by atoms with Crippen LogP contribution in [0.5, 0.6) is 5.75 Å². The van der Waals surface area contributed by atoms with E-state index in [0.29, 0.717) is 22.5 Å². The average Bonchev–Trinajstić information content (AvgIpc) is 3.15. The number of amides is 1. The van der Waals surface area contributed by atoms with Gasteiger partial charge in [-0.15, -0.1) is 0 Å². The van der Waals surface area contributed by atoms with Gasteiger partial charge in [0, 0.05) is 10.6 Å². The first-order chi connectivity index (χ1) is 13.9. The minimum Gasteiger partial charge on any atom is -0.483 e. The molecule has 0 atom stereocenters. The fourth-order valence-electron chi connectivity index (χ4n) is 2.81. The van der Waals surface area contributed by atoms with Gasteiger partial charge in [-0.05, 0) is 54.3 Å². The molecule has 0 aliphatic heterocycles. The minimum atomic E-state index is -0.348. The molecule has 0 saturated carbocycles. The maximum atomic E-state index is 12.0. The van der Waals surface area contributed by atoms with Crippen LogP contribution < -0.4 is 10.2 Å². The molecule has 0 aliphatic rings. The SMILES string of the molecule is Cc1ccc(C(C)C)c(OCC(=O)NN=Cc2ccc(-c3cccc(Cl)c3)o2)c1. The number of hydrazone groups is 1. The lowest BCUT2D eigenvalue weighted by atomic mass is 10.0. The smallest absolute Gasteiger partial charge is 0.277 e. The van der Waals surface area contributed by atoms with Gasteiger partial charge >= 0.3 is 0 Å². The standard InChI is InChI=1S/C23H23ClN2O3/c1-15(2)20-9-7-16(3)11-22(20)28-14-23(27)26-25-13-19-8-10-21(29-19)17-5-4-6-18(24)12-17/h4-13,15H,14H2,1-3H3,(H,26,27). The molecule has 1 aromatic heterocycles. The summed E-state index contributed by atoms with van der Waals surface area (Å²) in [4.78, 5) is 12.0. The van der Waals surface area contributed by atoms with Gasteiger partial charge in [0.1, 0.15) is 17.3 Å². The zero-order valence-electron chi connectivity index (χ0n) is 16.6. The van der Waals surface area contributed by atoms with Crippen molar-refractivity contribution in [3.8, 4) is 17.1 Å². The van der Waals surface area contributed by atoms with E-state index in [1.54, 1.807) is 12.1 Å². The molecule has 1 heterocycles. The second-order valence-electron chi connectivity index (χ2n) is 6.99. The normalized spacial score (nSPS) is 11.2. The first-order valence-electron chi connectivity index (χ1n) is 9.33. The van der Waals surface area contributed by atoms with Crippen LogP contribution in [0.1, 0.15) is 36.7 Å². The molecule has 5 nitrogen and oxygen atoms in total. The maximum absolute atomic E-state index is 12.0. The van der Waals surface area contributed by atoms with Gasteiger partial charge in [-0.1, -0.05) is 49.7 Å². The Labute approximate surface area is 175 Å². The molecular weight excluding hydrogens is 388 g/mol. The molecular formula is C23H23ClN2O3. The summed E-state index contributed by atoms with van der Waals surface area (Å²) >= 11 is 6.00. The third-order valence-electron chi connectivity index (χ3n) is 4.27. The molecule has 1 N–H and O–H groups in total. The monoisotopic (exact) mass is 410 g/mol. The number of aryl methyl sites for hydroxylation is 1. The molecule has 3 aromatic rings. The summed E-state index contributed by atoms with van der Waals surface area (Å²) in [5.41, 5.74) is 5.46. The molecule has 0 aliphatic carbocycles. The highest BCUT2D eigenvalue weighted by molar-refractivity contribution is 6.30. The number of rotatable bonds is 7. The van der Waals surface area contributed by atoms with E-state index in [4.69, 9.17) is 20.8 Å². The van der Waals surface area contributed by atoms with Gasteiger partial charge in [0.15, 0.2) is 6.61 Å². The number of benzene rings is 2. The zero-order valence-corrected chi connectivity index (χ0v) is 17.4. The van der Waals surface area contributed by atoms with E-state index in [2.05, 4.69) is 24.4 Å². The highest BCUT2D eigenvalue weighted by atomic mass is 35.5. The Morgan fingerprint density at radius 2 is 2.03 bits per heavy atom. The molecule has 0 spiro atoms. The molecule has 1 amide bonds. The van der Waals surface area contributed by atoms with Gasteiger partial charge in [-0.25, -0.2) is 5.43 Å². The Hall–Kier alpha value is -3.05. The number of hydrogen-bond acceptors (Lipinski definition) is 4. The summed E-state index contributed by atoms with van der Waals surface area (Å²) in [6.07, 6.45) is 1.44. The molecule has 2 aromatic carbocycles. The van der Waals surface area contributed by atoms with Gasteiger partial charge in [0.2, 0.25) is 0 Å². The van der Waals surface area contributed by atoms with Crippen molar-refractivity contribution in [1.29, 1.82) is 0 Å². The van der Waals surface area contributed by atoms with E-state index >= 15 is 0 Å². The predicted octanol–water partition coefficient (Wildman–Crippen LogP) is 5.56. The van der Waals surface area contributed by atoms with Crippen LogP contribution in [0.4, 0.5) is 0 Å². The van der Waals surface area contributed by atoms with Gasteiger partial charge in [0.25, 0.3) is 5.91 Å². The number of carbonyl (C=O) groups excluding carboxylic acids is 1. The molecule has 6 heteroatoms. The Morgan fingerprint density at radius 1 is 1.21 bits per heavy atom. The van der Waals surface area contributed by atoms with Crippen molar-refractivity contribution < 1.29 is 13.9 Å². The van der Waals surface area contributed by atoms with E-state index in [-0.39, 0.29) is 12.5 Å². The number of carbonyl (C=O) groups is 1. The quantitative estimate of drug-likeness (QED) is 0.409. The number of nitrogens with one attached hydrogen (secondary N) is 1. The van der Waals surface area contributed by atoms with Crippen molar-refractivity contribution in [3.05, 3.63) is 76.5 Å². The van der Waals surface area contributed by atoms with Crippen LogP contribution >= 0.6 is 11.6 Å². The van der Waals surface area contributed by atoms with E-state index < -0.39 is 0 Å². The first-order valence-corrected chi connectivity index (χ1v) is 9.71. The van der Waals surface area contributed by atoms with Crippen LogP contribution in [0.25, 0.3) is 11.3 Å². The highest BCUT2D eigenvalue weighted by Crippen LogP contribution is 2.27. The second kappa shape index (κ2) is 9.43. The van der Waals surface area contributed by atoms with Crippen LogP contribution in [0.2, 0.25) is 5.02 Å². The van der Waals surface area contributed by atoms with Crippen LogP contribution in [0.15, 0.2) is 64.1 Å². The lowest BCUT2D eigenvalue weighted by Gasteiger charge is -2.14. The van der Waals surface area contributed by atoms with Crippen molar-refractivity contribution in [2.45, 2.75) is 26.7 Å². The van der Waals surface area contributed by atoms with Crippen molar-refractivity contribution in [1.82, 2.24) is 5.43 Å². The number of hydrogen-bond donors (Lipinski definition) is 1. The minimum absolute atomic E-state index is 0.119. The summed E-state index contributed by atoms with van der Waals surface area (Å²) in [6, 6.07) is 17.0. The van der Waals surface area contributed by atoms with E-state index in [0.717, 1.165) is 22.4 Å². The number of halogens is 1. The van der Waals surface area contributed by atoms with Crippen LogP contribution in [0.3, 0.4) is 0 Å². The predicted molar refractivity (Wildman–Crippen MR) is 116 cm³/mol. The average molecular weight is 411 g/mol. The largest absolute Gasteiger partial charge is 0.483 e. The molecule has 29 heavy (non-hydrogen) atoms. The number of furan rings is 1. The summed E-state index contributed by atoms with van der Waals surface area (Å²) in [5, 5.41) is 4.56. The van der Waals surface area contributed by atoms with Gasteiger partial charge < -0.3 is 9.15 Å². The van der Waals surface area contributed by atoms with Crippen molar-refractivity contribution >= 4 is 23.7 Å². The third-order valence-corrected chi connectivity index (χ3v) is 4.50. The summed E-state index contributed by atoms with van der Waals surface area (Å²) in [5.74, 6) is 1.86. The van der Waals surface area contributed by atoms with E-state index in [1.807, 2.05) is 49.4 Å². The van der Waals surface area contributed by atoms with Gasteiger partial charge in [0.05, 0.1) is 6.21 Å². The zero-order chi connectivity index (χ0) is 20.8. The summed E-state index contributed by atoms with van der Waals surface area (Å²) < 4.78 is 11.4. The Kier molecular flexibility index (Phi) is 6.73. The number of nitrogens with zero attached hydrogens (tertiary/aromatic N) is 1. The fourth-order valence-corrected chi connectivity index (χ4v) is 3.00. The number of ether oxygens (including phenoxy) is 1.